The van der Waals surface area contributed by atoms with Crippen LogP contribution in [0, 0.1) is 0 Å². The van der Waals surface area contributed by atoms with Crippen LogP contribution in [0.25, 0.3) is 0 Å². The van der Waals surface area contributed by atoms with Gasteiger partial charge in [-0.2, -0.15) is 0 Å². The van der Waals surface area contributed by atoms with Gasteiger partial charge in [0.1, 0.15) is 0 Å². The van der Waals surface area contributed by atoms with E-state index in [2.05, 4.69) is 0 Å². The Kier molecular flexibility index (Phi) is 10.5. The lowest BCUT2D eigenvalue weighted by Gasteiger charge is -2.16. The second kappa shape index (κ2) is 13.9. The number of hydrogen-bond acceptors (Lipinski definition) is 5. The lowest BCUT2D eigenvalue weighted by Crippen LogP contribution is -2.02. The Morgan fingerprint density at radius 1 is 1.04 bits per heavy atom. The number of phosphoric acid groups is 1. The van der Waals surface area contributed by atoms with E-state index in [4.69, 9.17) is 21.0 Å². The smallest absolute Gasteiger partial charge is 0.373 e. The maximum Gasteiger partial charge on any atom is 0.475 e. The molecule has 0 aliphatic rings. The van der Waals surface area contributed by atoms with Gasteiger partial charge in [-0.05, 0) is 46.1 Å². The standard InChI is InChI=1S/C21H33O5P/c1-5-24-27(22,25-6-2)26-17-20(4)12-10-11-19(3)15-16-23-18-21-13-8-7-9-14-21/h7-9,12-15H,5-6,10-11,16-18H2,1-4H3/b19-15+,20-12+/i17D2. The normalized spacial score (nSPS) is 14.8. The topological polar surface area (TPSA) is 54.0 Å². The molecule has 0 amide bonds. The van der Waals surface area contributed by atoms with Gasteiger partial charge in [0.2, 0.25) is 0 Å². The summed E-state index contributed by atoms with van der Waals surface area (Å²) in [6.45, 7) is 5.97. The molecule has 1 aromatic rings. The summed E-state index contributed by atoms with van der Waals surface area (Å²) in [4.78, 5) is 0. The molecule has 5 nitrogen and oxygen atoms in total. The van der Waals surface area contributed by atoms with E-state index in [9.17, 15) is 4.57 Å². The first-order chi connectivity index (χ1) is 13.7. The number of allylic oxidation sites excluding steroid dienone is 2. The number of rotatable bonds is 14. The Bertz CT molecular complexity index is 694. The molecule has 0 saturated heterocycles. The third-order valence-electron chi connectivity index (χ3n) is 3.54. The van der Waals surface area contributed by atoms with E-state index >= 15 is 0 Å². The predicted octanol–water partition coefficient (Wildman–Crippen LogP) is 6.07. The molecule has 0 heterocycles. The third-order valence-corrected chi connectivity index (χ3v) is 5.01. The van der Waals surface area contributed by atoms with E-state index in [1.54, 1.807) is 26.8 Å². The van der Waals surface area contributed by atoms with Gasteiger partial charge in [-0.1, -0.05) is 53.6 Å². The predicted molar refractivity (Wildman–Crippen MR) is 110 cm³/mol. The van der Waals surface area contributed by atoms with E-state index in [-0.39, 0.29) is 13.2 Å². The van der Waals surface area contributed by atoms with Gasteiger partial charge in [-0.3, -0.25) is 13.6 Å². The second-order valence-electron chi connectivity index (χ2n) is 5.95. The van der Waals surface area contributed by atoms with E-state index < -0.39 is 14.4 Å². The zero-order valence-electron chi connectivity index (χ0n) is 18.8. The SMILES string of the molecule is [2H]C([2H])(OP(=O)(OCC)OCC)/C(C)=C/CC/C(C)=C/COCc1ccccc1. The molecule has 0 aliphatic heterocycles. The highest BCUT2D eigenvalue weighted by Crippen LogP contribution is 2.49. The van der Waals surface area contributed by atoms with E-state index in [1.165, 1.54) is 0 Å². The second-order valence-corrected chi connectivity index (χ2v) is 7.55. The molecule has 0 radical (unpaired) electrons. The molecule has 0 aromatic heterocycles. The van der Waals surface area contributed by atoms with Crippen molar-refractivity contribution < 1.29 is 25.6 Å². The summed E-state index contributed by atoms with van der Waals surface area (Å²) < 4.78 is 49.3. The van der Waals surface area contributed by atoms with Gasteiger partial charge in [-0.15, -0.1) is 0 Å². The minimum Gasteiger partial charge on any atom is -0.373 e. The van der Waals surface area contributed by atoms with Gasteiger partial charge in [0, 0.05) is 0 Å². The fraction of sp³-hybridized carbons (Fsp3) is 0.524. The molecule has 0 saturated carbocycles. The minimum absolute atomic E-state index is 0.104. The van der Waals surface area contributed by atoms with Crippen LogP contribution in [0.1, 0.15) is 48.8 Å². The van der Waals surface area contributed by atoms with E-state index in [0.717, 1.165) is 17.6 Å². The molecule has 6 heteroatoms. The lowest BCUT2D eigenvalue weighted by atomic mass is 10.1. The first kappa shape index (κ1) is 20.5. The Balaban J connectivity index is 2.48. The monoisotopic (exact) mass is 398 g/mol. The first-order valence-electron chi connectivity index (χ1n) is 10.3. The van der Waals surface area contributed by atoms with Crippen molar-refractivity contribution in [3.63, 3.8) is 0 Å². The van der Waals surface area contributed by atoms with Crippen molar-refractivity contribution in [3.05, 3.63) is 59.2 Å². The quantitative estimate of drug-likeness (QED) is 0.216. The first-order valence-corrected chi connectivity index (χ1v) is 10.7. The van der Waals surface area contributed by atoms with Crippen molar-refractivity contribution in [2.24, 2.45) is 0 Å². The van der Waals surface area contributed by atoms with Gasteiger partial charge in [0.05, 0.1) is 35.7 Å². The molecule has 27 heavy (non-hydrogen) atoms. The molecule has 152 valence electrons. The summed E-state index contributed by atoms with van der Waals surface area (Å²) in [7, 11) is -3.93. The summed E-state index contributed by atoms with van der Waals surface area (Å²) in [6, 6.07) is 9.99. The van der Waals surface area contributed by atoms with Gasteiger partial charge < -0.3 is 4.74 Å². The van der Waals surface area contributed by atoms with Crippen molar-refractivity contribution in [2.75, 3.05) is 26.4 Å². The molecule has 0 N–H and O–H groups in total. The Morgan fingerprint density at radius 3 is 2.33 bits per heavy atom. The average Bonchev–Trinajstić information content (AvgIpc) is 2.65. The minimum atomic E-state index is -3.93. The van der Waals surface area contributed by atoms with Crippen molar-refractivity contribution >= 4 is 7.82 Å². The summed E-state index contributed by atoms with van der Waals surface area (Å²) in [5.41, 5.74) is 2.61. The number of phosphoric ester groups is 1. The van der Waals surface area contributed by atoms with Gasteiger partial charge in [0.25, 0.3) is 0 Å². The molecule has 0 atom stereocenters. The van der Waals surface area contributed by atoms with Crippen LogP contribution in [0.3, 0.4) is 0 Å². The third kappa shape index (κ3) is 11.3. The lowest BCUT2D eigenvalue weighted by molar-refractivity contribution is 0.129. The molecule has 0 unspecified atom stereocenters. The molecular weight excluding hydrogens is 363 g/mol. The highest BCUT2D eigenvalue weighted by Gasteiger charge is 2.25. The summed E-state index contributed by atoms with van der Waals surface area (Å²) in [6.07, 6.45) is 5.15. The van der Waals surface area contributed by atoms with E-state index in [0.29, 0.717) is 25.2 Å². The van der Waals surface area contributed by atoms with Crippen LogP contribution in [0.2, 0.25) is 0 Å². The van der Waals surface area contributed by atoms with Crippen molar-refractivity contribution in [2.45, 2.75) is 47.1 Å². The van der Waals surface area contributed by atoms with Crippen LogP contribution in [-0.2, 0) is 29.5 Å². The Labute approximate surface area is 166 Å². The van der Waals surface area contributed by atoms with Crippen molar-refractivity contribution in [1.82, 2.24) is 0 Å². The van der Waals surface area contributed by atoms with Gasteiger partial charge in [0.15, 0.2) is 0 Å². The molecule has 0 bridgehead atoms. The Morgan fingerprint density at radius 2 is 1.70 bits per heavy atom. The molecule has 1 rings (SSSR count). The van der Waals surface area contributed by atoms with Crippen LogP contribution in [0.15, 0.2) is 53.6 Å². The number of hydrogen-bond donors (Lipinski definition) is 0. The zero-order valence-corrected chi connectivity index (χ0v) is 17.7. The summed E-state index contributed by atoms with van der Waals surface area (Å²) in [5, 5.41) is 0. The molecule has 0 fully saturated rings. The maximum absolute atomic E-state index is 12.4. The molecule has 1 aromatic carbocycles. The van der Waals surface area contributed by atoms with Crippen molar-refractivity contribution in [1.29, 1.82) is 0 Å². The largest absolute Gasteiger partial charge is 0.475 e. The van der Waals surface area contributed by atoms with Crippen LogP contribution in [0.5, 0.6) is 0 Å². The maximum atomic E-state index is 12.4. The fourth-order valence-corrected chi connectivity index (χ4v) is 3.21. The molecular formula is C21H33O5P. The summed E-state index contributed by atoms with van der Waals surface area (Å²) >= 11 is 0. The van der Waals surface area contributed by atoms with Gasteiger partial charge in [-0.25, -0.2) is 4.57 Å². The van der Waals surface area contributed by atoms with Crippen LogP contribution in [-0.4, -0.2) is 26.4 Å². The Hall–Kier alpha value is -1.23. The van der Waals surface area contributed by atoms with Crippen LogP contribution in [0.4, 0.5) is 0 Å². The highest BCUT2D eigenvalue weighted by molar-refractivity contribution is 7.48. The van der Waals surface area contributed by atoms with Crippen LogP contribution < -0.4 is 0 Å². The number of ether oxygens (including phenoxy) is 1. The molecule has 0 aliphatic carbocycles. The molecule has 0 spiro atoms. The van der Waals surface area contributed by atoms with Crippen molar-refractivity contribution in [3.8, 4) is 0 Å². The number of benzene rings is 1. The van der Waals surface area contributed by atoms with Gasteiger partial charge >= 0.3 is 7.82 Å². The van der Waals surface area contributed by atoms with Crippen LogP contribution >= 0.6 is 7.82 Å². The zero-order chi connectivity index (χ0) is 21.8. The fourth-order valence-electron chi connectivity index (χ4n) is 2.15. The highest BCUT2D eigenvalue weighted by atomic mass is 31.2. The average molecular weight is 398 g/mol. The van der Waals surface area contributed by atoms with E-state index in [1.807, 2.05) is 43.3 Å². The summed E-state index contributed by atoms with van der Waals surface area (Å²) in [5.74, 6) is 0.